The van der Waals surface area contributed by atoms with E-state index in [9.17, 15) is 9.59 Å². The molecule has 0 aliphatic carbocycles. The molecule has 1 unspecified atom stereocenters. The lowest BCUT2D eigenvalue weighted by molar-refractivity contribution is -0.134. The molecule has 3 rings (SSSR count). The van der Waals surface area contributed by atoms with Gasteiger partial charge in [-0.15, -0.1) is 0 Å². The number of rotatable bonds is 12. The number of aryl methyl sites for hydroxylation is 1. The fourth-order valence-corrected chi connectivity index (χ4v) is 4.27. The molecule has 182 valence electrons. The summed E-state index contributed by atoms with van der Waals surface area (Å²) in [6.45, 7) is 7.82. The van der Waals surface area contributed by atoms with Crippen molar-refractivity contribution in [1.82, 2.24) is 14.5 Å². The first-order chi connectivity index (χ1) is 16.5. The number of carbonyl (C=O) groups is 1. The highest BCUT2D eigenvalue weighted by Crippen LogP contribution is 2.26. The molecule has 0 saturated carbocycles. The molecule has 0 saturated heterocycles. The molecule has 0 N–H and O–H groups in total. The van der Waals surface area contributed by atoms with Crippen LogP contribution >= 0.6 is 0 Å². The van der Waals surface area contributed by atoms with Crippen LogP contribution < -0.4 is 5.56 Å². The van der Waals surface area contributed by atoms with Gasteiger partial charge in [-0.05, 0) is 42.9 Å². The summed E-state index contributed by atoms with van der Waals surface area (Å²) in [7, 11) is 1.62. The molecule has 2 aromatic carbocycles. The van der Waals surface area contributed by atoms with Crippen LogP contribution in [0.4, 0.5) is 0 Å². The normalized spacial score (nSPS) is 12.3. The van der Waals surface area contributed by atoms with Crippen molar-refractivity contribution < 1.29 is 9.53 Å². The van der Waals surface area contributed by atoms with Gasteiger partial charge >= 0.3 is 0 Å². The van der Waals surface area contributed by atoms with Gasteiger partial charge in [-0.1, -0.05) is 63.2 Å². The molecule has 0 spiro atoms. The van der Waals surface area contributed by atoms with Gasteiger partial charge in [0.1, 0.15) is 5.82 Å². The van der Waals surface area contributed by atoms with Crippen LogP contribution in [0.2, 0.25) is 0 Å². The number of amides is 1. The van der Waals surface area contributed by atoms with Crippen molar-refractivity contribution in [2.24, 2.45) is 5.92 Å². The number of ether oxygens (including phenoxy) is 1. The van der Waals surface area contributed by atoms with E-state index in [1.54, 1.807) is 17.7 Å². The van der Waals surface area contributed by atoms with E-state index in [1.807, 2.05) is 41.3 Å². The minimum absolute atomic E-state index is 0.0864. The Morgan fingerprint density at radius 2 is 1.79 bits per heavy atom. The molecule has 1 aromatic heterocycles. The quantitative estimate of drug-likeness (QED) is 0.379. The first kappa shape index (κ1) is 25.6. The summed E-state index contributed by atoms with van der Waals surface area (Å²) in [6.07, 6.45) is 2.68. The average molecular weight is 464 g/mol. The number of benzene rings is 2. The molecule has 0 aliphatic rings. The van der Waals surface area contributed by atoms with Gasteiger partial charge in [-0.25, -0.2) is 4.98 Å². The topological polar surface area (TPSA) is 64.4 Å². The zero-order valence-electron chi connectivity index (χ0n) is 20.9. The smallest absolute Gasteiger partial charge is 0.261 e. The van der Waals surface area contributed by atoms with Crippen molar-refractivity contribution in [2.45, 2.75) is 59.0 Å². The number of carbonyl (C=O) groups excluding carboxylic acids is 1. The van der Waals surface area contributed by atoms with E-state index in [-0.39, 0.29) is 17.5 Å². The Hall–Kier alpha value is -2.99. The van der Waals surface area contributed by atoms with Gasteiger partial charge in [0.05, 0.1) is 30.1 Å². The summed E-state index contributed by atoms with van der Waals surface area (Å²) in [4.78, 5) is 33.8. The molecule has 3 aromatic rings. The fraction of sp³-hybridized carbons (Fsp3) is 0.464. The Kier molecular flexibility index (Phi) is 9.40. The SMILES string of the molecule is CCC(c1nc2ccccc2c(=O)n1CCOC)N(CCC(C)C)C(=O)CCc1ccccc1. The third-order valence-corrected chi connectivity index (χ3v) is 6.21. The molecule has 0 radical (unpaired) electrons. The van der Waals surface area contributed by atoms with Gasteiger partial charge in [0.25, 0.3) is 5.56 Å². The highest BCUT2D eigenvalue weighted by atomic mass is 16.5. The van der Waals surface area contributed by atoms with Crippen LogP contribution in [-0.4, -0.2) is 40.6 Å². The van der Waals surface area contributed by atoms with Crippen molar-refractivity contribution >= 4 is 16.8 Å². The van der Waals surface area contributed by atoms with Crippen LogP contribution in [0.15, 0.2) is 59.4 Å². The second-order valence-corrected chi connectivity index (χ2v) is 9.12. The Morgan fingerprint density at radius 3 is 2.47 bits per heavy atom. The molecule has 1 amide bonds. The number of fused-ring (bicyclic) bond motifs is 1. The highest BCUT2D eigenvalue weighted by Gasteiger charge is 2.28. The molecular weight excluding hydrogens is 426 g/mol. The van der Waals surface area contributed by atoms with E-state index in [2.05, 4.69) is 32.9 Å². The van der Waals surface area contributed by atoms with Crippen molar-refractivity contribution in [1.29, 1.82) is 0 Å². The van der Waals surface area contributed by atoms with Gasteiger partial charge in [0.2, 0.25) is 5.91 Å². The third kappa shape index (κ3) is 6.32. The first-order valence-corrected chi connectivity index (χ1v) is 12.3. The summed E-state index contributed by atoms with van der Waals surface area (Å²) >= 11 is 0. The van der Waals surface area contributed by atoms with E-state index < -0.39 is 0 Å². The largest absolute Gasteiger partial charge is 0.383 e. The van der Waals surface area contributed by atoms with E-state index in [4.69, 9.17) is 9.72 Å². The van der Waals surface area contributed by atoms with Crippen LogP contribution in [0.3, 0.4) is 0 Å². The predicted molar refractivity (Wildman–Crippen MR) is 137 cm³/mol. The number of nitrogens with zero attached hydrogens (tertiary/aromatic N) is 3. The number of methoxy groups -OCH3 is 1. The minimum atomic E-state index is -0.281. The lowest BCUT2D eigenvalue weighted by atomic mass is 10.0. The second-order valence-electron chi connectivity index (χ2n) is 9.12. The summed E-state index contributed by atoms with van der Waals surface area (Å²) in [5.41, 5.74) is 1.72. The van der Waals surface area contributed by atoms with Crippen LogP contribution in [0.5, 0.6) is 0 Å². The van der Waals surface area contributed by atoms with Gasteiger partial charge < -0.3 is 9.64 Å². The first-order valence-electron chi connectivity index (χ1n) is 12.3. The minimum Gasteiger partial charge on any atom is -0.383 e. The predicted octanol–water partition coefficient (Wildman–Crippen LogP) is 5.00. The maximum atomic E-state index is 13.6. The molecule has 1 heterocycles. The fourth-order valence-electron chi connectivity index (χ4n) is 4.27. The molecule has 34 heavy (non-hydrogen) atoms. The monoisotopic (exact) mass is 463 g/mol. The Balaban J connectivity index is 2.01. The number of para-hydroxylation sites is 1. The summed E-state index contributed by atoms with van der Waals surface area (Å²) in [5.74, 6) is 1.19. The Morgan fingerprint density at radius 1 is 1.09 bits per heavy atom. The van der Waals surface area contributed by atoms with Crippen LogP contribution in [0, 0.1) is 5.92 Å². The van der Waals surface area contributed by atoms with Gasteiger partial charge in [-0.2, -0.15) is 0 Å². The Labute approximate surface area is 202 Å². The Bertz CT molecular complexity index is 1120. The van der Waals surface area contributed by atoms with E-state index >= 15 is 0 Å². The van der Waals surface area contributed by atoms with Crippen LogP contribution in [0.25, 0.3) is 10.9 Å². The molecule has 0 bridgehead atoms. The summed E-state index contributed by atoms with van der Waals surface area (Å²) in [6, 6.07) is 17.2. The number of hydrogen-bond acceptors (Lipinski definition) is 4. The molecule has 6 heteroatoms. The third-order valence-electron chi connectivity index (χ3n) is 6.21. The molecule has 6 nitrogen and oxygen atoms in total. The molecular formula is C28H37N3O3. The second kappa shape index (κ2) is 12.5. The summed E-state index contributed by atoms with van der Waals surface area (Å²) < 4.78 is 6.99. The highest BCUT2D eigenvalue weighted by molar-refractivity contribution is 5.78. The lowest BCUT2D eigenvalue weighted by Gasteiger charge is -2.33. The number of hydrogen-bond donors (Lipinski definition) is 0. The molecule has 0 fully saturated rings. The zero-order chi connectivity index (χ0) is 24.5. The standard InChI is InChI=1S/C28H37N3O3/c1-5-25(27-29-24-14-10-9-13-23(24)28(33)31(27)19-20-34-4)30(18-17-21(2)3)26(32)16-15-22-11-7-6-8-12-22/h6-14,21,25H,5,15-20H2,1-4H3. The maximum Gasteiger partial charge on any atom is 0.261 e. The van der Waals surface area contributed by atoms with Gasteiger partial charge in [-0.3, -0.25) is 14.2 Å². The van der Waals surface area contributed by atoms with E-state index in [1.165, 1.54) is 0 Å². The van der Waals surface area contributed by atoms with E-state index in [0.29, 0.717) is 61.6 Å². The number of aromatic nitrogens is 2. The van der Waals surface area contributed by atoms with Gasteiger partial charge in [0.15, 0.2) is 0 Å². The molecule has 1 atom stereocenters. The van der Waals surface area contributed by atoms with Crippen molar-refractivity contribution in [3.05, 3.63) is 76.3 Å². The van der Waals surface area contributed by atoms with Crippen molar-refractivity contribution in [2.75, 3.05) is 20.3 Å². The summed E-state index contributed by atoms with van der Waals surface area (Å²) in [5, 5.41) is 0.585. The average Bonchev–Trinajstić information content (AvgIpc) is 2.85. The van der Waals surface area contributed by atoms with Crippen LogP contribution in [0.1, 0.15) is 57.5 Å². The van der Waals surface area contributed by atoms with Crippen LogP contribution in [-0.2, 0) is 22.5 Å². The lowest BCUT2D eigenvalue weighted by Crippen LogP contribution is -2.40. The van der Waals surface area contributed by atoms with E-state index in [0.717, 1.165) is 12.0 Å². The van der Waals surface area contributed by atoms with Crippen molar-refractivity contribution in [3.63, 3.8) is 0 Å². The van der Waals surface area contributed by atoms with Gasteiger partial charge in [0, 0.05) is 20.1 Å². The maximum absolute atomic E-state index is 13.6. The molecule has 0 aliphatic heterocycles. The van der Waals surface area contributed by atoms with Crippen molar-refractivity contribution in [3.8, 4) is 0 Å². The zero-order valence-corrected chi connectivity index (χ0v) is 20.9.